The first kappa shape index (κ1) is 11.0. The topological polar surface area (TPSA) is 15.3 Å². The van der Waals surface area contributed by atoms with E-state index in [2.05, 4.69) is 31.1 Å². The van der Waals surface area contributed by atoms with E-state index in [-0.39, 0.29) is 0 Å². The van der Waals surface area contributed by atoms with Gasteiger partial charge in [-0.3, -0.25) is 0 Å². The highest BCUT2D eigenvalue weighted by Crippen LogP contribution is 2.11. The van der Waals surface area contributed by atoms with Crippen LogP contribution in [0.1, 0.15) is 33.1 Å². The van der Waals surface area contributed by atoms with Crippen LogP contribution in [0.3, 0.4) is 0 Å². The summed E-state index contributed by atoms with van der Waals surface area (Å²) in [6, 6.07) is 0.693. The normalized spacial score (nSPS) is 21.2. The van der Waals surface area contributed by atoms with Gasteiger partial charge < -0.3 is 10.2 Å². The van der Waals surface area contributed by atoms with Gasteiger partial charge in [0.15, 0.2) is 0 Å². The third-order valence-corrected chi connectivity index (χ3v) is 2.84. The molecule has 1 N–H and O–H groups in total. The monoisotopic (exact) mass is 184 g/mol. The smallest absolute Gasteiger partial charge is 0.0194 e. The summed E-state index contributed by atoms with van der Waals surface area (Å²) in [5.74, 6) is 0.806. The van der Waals surface area contributed by atoms with Gasteiger partial charge in [-0.15, -0.1) is 0 Å². The lowest BCUT2D eigenvalue weighted by Gasteiger charge is -2.24. The van der Waals surface area contributed by atoms with Crippen LogP contribution in [0.4, 0.5) is 0 Å². The summed E-state index contributed by atoms with van der Waals surface area (Å²) >= 11 is 0. The van der Waals surface area contributed by atoms with Crippen LogP contribution >= 0.6 is 0 Å². The van der Waals surface area contributed by atoms with E-state index in [9.17, 15) is 0 Å². The number of nitrogens with one attached hydrogen (secondary N) is 1. The first-order valence-corrected chi connectivity index (χ1v) is 5.62. The summed E-state index contributed by atoms with van der Waals surface area (Å²) in [5.41, 5.74) is 0. The molecule has 0 aromatic heterocycles. The predicted molar refractivity (Wildman–Crippen MR) is 58.0 cm³/mol. The molecule has 0 aromatic rings. The fourth-order valence-electron chi connectivity index (χ4n) is 2.13. The molecule has 0 bridgehead atoms. The Morgan fingerprint density at radius 3 is 2.31 bits per heavy atom. The molecule has 2 nitrogen and oxygen atoms in total. The largest absolute Gasteiger partial charge is 0.316 e. The van der Waals surface area contributed by atoms with Crippen LogP contribution in [0, 0.1) is 5.92 Å². The molecule has 0 aliphatic carbocycles. The minimum Gasteiger partial charge on any atom is -0.316 e. The van der Waals surface area contributed by atoms with Crippen LogP contribution in [0.25, 0.3) is 0 Å². The minimum absolute atomic E-state index is 0.693. The van der Waals surface area contributed by atoms with Crippen molar-refractivity contribution in [1.82, 2.24) is 10.2 Å². The zero-order valence-corrected chi connectivity index (χ0v) is 9.34. The maximum absolute atomic E-state index is 3.42. The van der Waals surface area contributed by atoms with Gasteiger partial charge in [0.1, 0.15) is 0 Å². The highest BCUT2D eigenvalue weighted by Gasteiger charge is 2.16. The second-order valence-corrected chi connectivity index (χ2v) is 4.62. The van der Waals surface area contributed by atoms with Crippen molar-refractivity contribution in [2.24, 2.45) is 5.92 Å². The zero-order valence-electron chi connectivity index (χ0n) is 9.34. The lowest BCUT2D eigenvalue weighted by atomic mass is 10.0. The van der Waals surface area contributed by atoms with E-state index >= 15 is 0 Å². The molecule has 1 fully saturated rings. The molecular weight excluding hydrogens is 160 g/mol. The van der Waals surface area contributed by atoms with E-state index in [1.54, 1.807) is 0 Å². The van der Waals surface area contributed by atoms with Gasteiger partial charge in [-0.2, -0.15) is 0 Å². The van der Waals surface area contributed by atoms with E-state index in [1.807, 2.05) is 0 Å². The van der Waals surface area contributed by atoms with Crippen molar-refractivity contribution in [2.75, 3.05) is 26.7 Å². The summed E-state index contributed by atoms with van der Waals surface area (Å²) < 4.78 is 0. The van der Waals surface area contributed by atoms with E-state index in [0.717, 1.165) is 5.92 Å². The lowest BCUT2D eigenvalue weighted by Crippen LogP contribution is -2.39. The van der Waals surface area contributed by atoms with Crippen molar-refractivity contribution >= 4 is 0 Å². The van der Waals surface area contributed by atoms with Crippen LogP contribution < -0.4 is 5.32 Å². The maximum Gasteiger partial charge on any atom is 0.0194 e. The van der Waals surface area contributed by atoms with E-state index in [0.29, 0.717) is 6.04 Å². The Morgan fingerprint density at radius 1 is 1.23 bits per heavy atom. The van der Waals surface area contributed by atoms with Crippen LogP contribution in [0.5, 0.6) is 0 Å². The number of nitrogens with zero attached hydrogens (tertiary/aromatic N) is 1. The van der Waals surface area contributed by atoms with Crippen molar-refractivity contribution in [2.45, 2.75) is 39.2 Å². The maximum atomic E-state index is 3.42. The molecule has 0 spiro atoms. The molecule has 1 rings (SSSR count). The lowest BCUT2D eigenvalue weighted by molar-refractivity contribution is 0.276. The van der Waals surface area contributed by atoms with Crippen LogP contribution in [-0.4, -0.2) is 37.6 Å². The number of hydrogen-bond donors (Lipinski definition) is 1. The molecule has 0 saturated carbocycles. The van der Waals surface area contributed by atoms with E-state index in [1.165, 1.54) is 38.9 Å². The molecule has 1 atom stereocenters. The Balaban J connectivity index is 2.21. The highest BCUT2D eigenvalue weighted by molar-refractivity contribution is 4.75. The Bertz CT molecular complexity index is 128. The Hall–Kier alpha value is -0.0800. The molecule has 1 aliphatic rings. The third kappa shape index (κ3) is 4.10. The van der Waals surface area contributed by atoms with Crippen molar-refractivity contribution in [3.63, 3.8) is 0 Å². The molecule has 78 valence electrons. The van der Waals surface area contributed by atoms with Gasteiger partial charge in [0.2, 0.25) is 0 Å². The van der Waals surface area contributed by atoms with Crippen molar-refractivity contribution in [1.29, 1.82) is 0 Å². The number of hydrogen-bond acceptors (Lipinski definition) is 2. The summed E-state index contributed by atoms with van der Waals surface area (Å²) in [6.07, 6.45) is 4.10. The summed E-state index contributed by atoms with van der Waals surface area (Å²) in [4.78, 5) is 2.59. The van der Waals surface area contributed by atoms with Gasteiger partial charge >= 0.3 is 0 Å². The first-order valence-electron chi connectivity index (χ1n) is 5.62. The summed E-state index contributed by atoms with van der Waals surface area (Å²) in [7, 11) is 2.09. The van der Waals surface area contributed by atoms with Crippen LogP contribution in [0.15, 0.2) is 0 Å². The van der Waals surface area contributed by atoms with Gasteiger partial charge in [-0.05, 0) is 45.3 Å². The van der Waals surface area contributed by atoms with E-state index < -0.39 is 0 Å². The SMILES string of the molecule is CN[C@@H](CC(C)C)CN1CCCC1. The van der Waals surface area contributed by atoms with Gasteiger partial charge in [0.05, 0.1) is 0 Å². The quantitative estimate of drug-likeness (QED) is 0.700. The van der Waals surface area contributed by atoms with Crippen molar-refractivity contribution < 1.29 is 0 Å². The number of likely N-dealkylation sites (tertiary alicyclic amines) is 1. The molecule has 13 heavy (non-hydrogen) atoms. The highest BCUT2D eigenvalue weighted by atomic mass is 15.2. The molecule has 2 heteroatoms. The van der Waals surface area contributed by atoms with Crippen molar-refractivity contribution in [3.05, 3.63) is 0 Å². The Kier molecular flexibility index (Phi) is 4.74. The number of likely N-dealkylation sites (N-methyl/N-ethyl adjacent to an activating group) is 1. The van der Waals surface area contributed by atoms with Gasteiger partial charge in [0, 0.05) is 12.6 Å². The molecule has 0 amide bonds. The molecule has 1 saturated heterocycles. The molecule has 1 aliphatic heterocycles. The van der Waals surface area contributed by atoms with Crippen LogP contribution in [0.2, 0.25) is 0 Å². The fourth-order valence-corrected chi connectivity index (χ4v) is 2.13. The predicted octanol–water partition coefficient (Wildman–Crippen LogP) is 1.72. The van der Waals surface area contributed by atoms with Crippen LogP contribution in [-0.2, 0) is 0 Å². The van der Waals surface area contributed by atoms with E-state index in [4.69, 9.17) is 0 Å². The third-order valence-electron chi connectivity index (χ3n) is 2.84. The Labute approximate surface area is 82.7 Å². The van der Waals surface area contributed by atoms with Crippen molar-refractivity contribution in [3.8, 4) is 0 Å². The fraction of sp³-hybridized carbons (Fsp3) is 1.00. The zero-order chi connectivity index (χ0) is 9.68. The van der Waals surface area contributed by atoms with Gasteiger partial charge in [-0.25, -0.2) is 0 Å². The second kappa shape index (κ2) is 5.61. The molecule has 0 aromatic carbocycles. The summed E-state index contributed by atoms with van der Waals surface area (Å²) in [5, 5.41) is 3.42. The summed E-state index contributed by atoms with van der Waals surface area (Å²) in [6.45, 7) is 8.48. The molecule has 1 heterocycles. The average molecular weight is 184 g/mol. The molecule has 0 radical (unpaired) electrons. The number of rotatable bonds is 5. The first-order chi connectivity index (χ1) is 6.22. The second-order valence-electron chi connectivity index (χ2n) is 4.62. The van der Waals surface area contributed by atoms with Gasteiger partial charge in [0.25, 0.3) is 0 Å². The average Bonchev–Trinajstić information content (AvgIpc) is 2.55. The molecule has 0 unspecified atom stereocenters. The standard InChI is InChI=1S/C11H24N2/c1-10(2)8-11(12-3)9-13-6-4-5-7-13/h10-12H,4-9H2,1-3H3/t11-/m0/s1. The Morgan fingerprint density at radius 2 is 1.85 bits per heavy atom. The van der Waals surface area contributed by atoms with Gasteiger partial charge in [-0.1, -0.05) is 13.8 Å². The molecular formula is C11H24N2. The minimum atomic E-state index is 0.693.